The SMILES string of the molecule is CC(C)(C)OC(=O)NCC1CCN(CCCCCCCC(=O)O)CC1. The fourth-order valence-corrected chi connectivity index (χ4v) is 3.10. The number of likely N-dealkylation sites (tertiary alicyclic amines) is 1. The van der Waals surface area contributed by atoms with Crippen molar-refractivity contribution in [2.75, 3.05) is 26.2 Å². The second-order valence-corrected chi connectivity index (χ2v) is 8.08. The lowest BCUT2D eigenvalue weighted by atomic mass is 9.96. The number of carbonyl (C=O) groups is 2. The van der Waals surface area contributed by atoms with Gasteiger partial charge in [-0.05, 0) is 72.0 Å². The van der Waals surface area contributed by atoms with E-state index in [1.54, 1.807) is 0 Å². The molecule has 0 aromatic heterocycles. The first-order valence-electron chi connectivity index (χ1n) is 9.67. The Morgan fingerprint density at radius 2 is 1.68 bits per heavy atom. The third-order valence-corrected chi connectivity index (χ3v) is 4.51. The largest absolute Gasteiger partial charge is 0.481 e. The molecule has 0 aromatic rings. The van der Waals surface area contributed by atoms with E-state index in [1.165, 1.54) is 12.8 Å². The van der Waals surface area contributed by atoms with Gasteiger partial charge in [-0.2, -0.15) is 0 Å². The zero-order valence-corrected chi connectivity index (χ0v) is 16.2. The number of hydrogen-bond acceptors (Lipinski definition) is 4. The fourth-order valence-electron chi connectivity index (χ4n) is 3.10. The summed E-state index contributed by atoms with van der Waals surface area (Å²) in [5, 5.41) is 11.5. The number of amides is 1. The second kappa shape index (κ2) is 11.3. The average Bonchev–Trinajstić information content (AvgIpc) is 2.51. The van der Waals surface area contributed by atoms with Crippen LogP contribution in [0.3, 0.4) is 0 Å². The number of ether oxygens (including phenoxy) is 1. The molecule has 1 saturated heterocycles. The normalized spacial score (nSPS) is 16.6. The van der Waals surface area contributed by atoms with Crippen LogP contribution in [0.25, 0.3) is 0 Å². The van der Waals surface area contributed by atoms with E-state index in [2.05, 4.69) is 10.2 Å². The summed E-state index contributed by atoms with van der Waals surface area (Å²) in [4.78, 5) is 24.6. The Morgan fingerprint density at radius 1 is 1.08 bits per heavy atom. The minimum atomic E-state index is -0.691. The predicted octanol–water partition coefficient (Wildman–Crippen LogP) is 3.65. The number of aliphatic carboxylic acids is 1. The lowest BCUT2D eigenvalue weighted by Gasteiger charge is -2.32. The van der Waals surface area contributed by atoms with Gasteiger partial charge in [-0.25, -0.2) is 4.79 Å². The monoisotopic (exact) mass is 356 g/mol. The molecule has 146 valence electrons. The van der Waals surface area contributed by atoms with Crippen LogP contribution in [-0.2, 0) is 9.53 Å². The van der Waals surface area contributed by atoms with Crippen LogP contribution in [0.4, 0.5) is 4.79 Å². The molecule has 0 aromatic carbocycles. The number of piperidine rings is 1. The van der Waals surface area contributed by atoms with Gasteiger partial charge in [-0.15, -0.1) is 0 Å². The number of nitrogens with zero attached hydrogens (tertiary/aromatic N) is 1. The average molecular weight is 357 g/mol. The van der Waals surface area contributed by atoms with Crippen molar-refractivity contribution in [1.82, 2.24) is 10.2 Å². The Hall–Kier alpha value is -1.30. The summed E-state index contributed by atoms with van der Waals surface area (Å²) in [6.45, 7) is 9.64. The van der Waals surface area contributed by atoms with Gasteiger partial charge in [0.25, 0.3) is 0 Å². The minimum Gasteiger partial charge on any atom is -0.481 e. The molecule has 1 heterocycles. The summed E-state index contributed by atoms with van der Waals surface area (Å²) in [7, 11) is 0. The Kier molecular flexibility index (Phi) is 9.86. The molecule has 2 N–H and O–H groups in total. The molecule has 1 aliphatic rings. The first-order valence-corrected chi connectivity index (χ1v) is 9.67. The van der Waals surface area contributed by atoms with Crippen LogP contribution in [0.5, 0.6) is 0 Å². The third kappa shape index (κ3) is 11.8. The van der Waals surface area contributed by atoms with Crippen molar-refractivity contribution in [2.45, 2.75) is 77.7 Å². The molecule has 1 amide bonds. The highest BCUT2D eigenvalue weighted by Gasteiger charge is 2.21. The molecule has 6 nitrogen and oxygen atoms in total. The number of carboxylic acid groups (broad SMARTS) is 1. The highest BCUT2D eigenvalue weighted by atomic mass is 16.6. The fraction of sp³-hybridized carbons (Fsp3) is 0.895. The van der Waals surface area contributed by atoms with Crippen LogP contribution < -0.4 is 5.32 Å². The van der Waals surface area contributed by atoms with E-state index >= 15 is 0 Å². The third-order valence-electron chi connectivity index (χ3n) is 4.51. The number of unbranched alkanes of at least 4 members (excludes halogenated alkanes) is 4. The van der Waals surface area contributed by atoms with Gasteiger partial charge in [-0.1, -0.05) is 19.3 Å². The molecule has 6 heteroatoms. The van der Waals surface area contributed by atoms with Gasteiger partial charge in [0.1, 0.15) is 5.60 Å². The molecule has 0 spiro atoms. The molecular formula is C19H36N2O4. The summed E-state index contributed by atoms with van der Waals surface area (Å²) in [6, 6.07) is 0. The lowest BCUT2D eigenvalue weighted by Crippen LogP contribution is -2.40. The van der Waals surface area contributed by atoms with E-state index in [0.29, 0.717) is 18.9 Å². The van der Waals surface area contributed by atoms with Gasteiger partial charge >= 0.3 is 12.1 Å². The quantitative estimate of drug-likeness (QED) is 0.584. The first-order chi connectivity index (χ1) is 11.8. The van der Waals surface area contributed by atoms with Crippen molar-refractivity contribution < 1.29 is 19.4 Å². The zero-order valence-electron chi connectivity index (χ0n) is 16.2. The van der Waals surface area contributed by atoms with Crippen molar-refractivity contribution in [3.05, 3.63) is 0 Å². The lowest BCUT2D eigenvalue weighted by molar-refractivity contribution is -0.137. The topological polar surface area (TPSA) is 78.9 Å². The maximum Gasteiger partial charge on any atom is 0.407 e. The van der Waals surface area contributed by atoms with E-state index in [1.807, 2.05) is 20.8 Å². The molecule has 1 fully saturated rings. The van der Waals surface area contributed by atoms with Crippen LogP contribution in [0, 0.1) is 5.92 Å². The van der Waals surface area contributed by atoms with Gasteiger partial charge in [-0.3, -0.25) is 4.79 Å². The molecule has 0 aliphatic carbocycles. The number of carbonyl (C=O) groups excluding carboxylic acids is 1. The highest BCUT2D eigenvalue weighted by Crippen LogP contribution is 2.17. The van der Waals surface area contributed by atoms with E-state index in [0.717, 1.165) is 51.7 Å². The maximum atomic E-state index is 11.7. The number of alkyl carbamates (subject to hydrolysis) is 1. The summed E-state index contributed by atoms with van der Waals surface area (Å²) < 4.78 is 5.26. The van der Waals surface area contributed by atoms with Crippen molar-refractivity contribution >= 4 is 12.1 Å². The number of hydrogen-bond donors (Lipinski definition) is 2. The molecule has 1 rings (SSSR count). The van der Waals surface area contributed by atoms with Gasteiger partial charge in [0.15, 0.2) is 0 Å². The van der Waals surface area contributed by atoms with Gasteiger partial charge < -0.3 is 20.1 Å². The smallest absolute Gasteiger partial charge is 0.407 e. The molecule has 1 aliphatic heterocycles. The van der Waals surface area contributed by atoms with Crippen LogP contribution >= 0.6 is 0 Å². The summed E-state index contributed by atoms with van der Waals surface area (Å²) >= 11 is 0. The van der Waals surface area contributed by atoms with E-state index < -0.39 is 11.6 Å². The summed E-state index contributed by atoms with van der Waals surface area (Å²) in [5.74, 6) is -0.149. The Bertz CT molecular complexity index is 399. The molecule has 0 saturated carbocycles. The molecular weight excluding hydrogens is 320 g/mol. The Balaban J connectivity index is 2.00. The molecule has 0 unspecified atom stereocenters. The Labute approximate surface area is 152 Å². The van der Waals surface area contributed by atoms with Gasteiger partial charge in [0.2, 0.25) is 0 Å². The standard InChI is InChI=1S/C19H36N2O4/c1-19(2,3)25-18(24)20-15-16-10-13-21(14-11-16)12-8-6-4-5-7-9-17(22)23/h16H,4-15H2,1-3H3,(H,20,24)(H,22,23). The van der Waals surface area contributed by atoms with Crippen molar-refractivity contribution in [3.8, 4) is 0 Å². The van der Waals surface area contributed by atoms with Gasteiger partial charge in [0, 0.05) is 13.0 Å². The highest BCUT2D eigenvalue weighted by molar-refractivity contribution is 5.67. The van der Waals surface area contributed by atoms with E-state index in [4.69, 9.17) is 9.84 Å². The maximum absolute atomic E-state index is 11.7. The van der Waals surface area contributed by atoms with E-state index in [9.17, 15) is 9.59 Å². The zero-order chi connectivity index (χ0) is 18.7. The van der Waals surface area contributed by atoms with Crippen molar-refractivity contribution in [3.63, 3.8) is 0 Å². The molecule has 0 atom stereocenters. The van der Waals surface area contributed by atoms with Crippen LogP contribution in [0.1, 0.15) is 72.1 Å². The number of carboxylic acids is 1. The molecule has 0 radical (unpaired) electrons. The van der Waals surface area contributed by atoms with Crippen LogP contribution in [0.15, 0.2) is 0 Å². The number of rotatable bonds is 10. The van der Waals surface area contributed by atoms with E-state index in [-0.39, 0.29) is 6.09 Å². The summed E-state index contributed by atoms with van der Waals surface area (Å²) in [6.07, 6.45) is 7.53. The molecule has 25 heavy (non-hydrogen) atoms. The van der Waals surface area contributed by atoms with Crippen LogP contribution in [0.2, 0.25) is 0 Å². The minimum absolute atomic E-state index is 0.296. The summed E-state index contributed by atoms with van der Waals surface area (Å²) in [5.41, 5.74) is -0.443. The Morgan fingerprint density at radius 3 is 2.28 bits per heavy atom. The molecule has 0 bridgehead atoms. The van der Waals surface area contributed by atoms with Crippen molar-refractivity contribution in [1.29, 1.82) is 0 Å². The number of nitrogens with one attached hydrogen (secondary N) is 1. The van der Waals surface area contributed by atoms with Crippen molar-refractivity contribution in [2.24, 2.45) is 5.92 Å². The van der Waals surface area contributed by atoms with Gasteiger partial charge in [0.05, 0.1) is 0 Å². The van der Waals surface area contributed by atoms with Crippen LogP contribution in [-0.4, -0.2) is 53.8 Å². The predicted molar refractivity (Wildman–Crippen MR) is 98.7 cm³/mol. The second-order valence-electron chi connectivity index (χ2n) is 8.08. The first kappa shape index (κ1) is 21.7.